The third-order valence-corrected chi connectivity index (χ3v) is 4.02. The molecule has 0 aliphatic carbocycles. The molecule has 3 heteroatoms. The maximum atomic E-state index is 11.8. The van der Waals surface area contributed by atoms with Crippen molar-refractivity contribution in [3.63, 3.8) is 0 Å². The van der Waals surface area contributed by atoms with Crippen molar-refractivity contribution in [1.29, 1.82) is 0 Å². The van der Waals surface area contributed by atoms with Crippen LogP contribution in [0.4, 0.5) is 0 Å². The summed E-state index contributed by atoms with van der Waals surface area (Å²) in [6, 6.07) is 6.06. The highest BCUT2D eigenvalue weighted by molar-refractivity contribution is 7.99. The lowest BCUT2D eigenvalue weighted by Crippen LogP contribution is -2.08. The van der Waals surface area contributed by atoms with Gasteiger partial charge in [-0.3, -0.25) is 4.79 Å². The van der Waals surface area contributed by atoms with E-state index in [4.69, 9.17) is 4.74 Å². The number of hydrogen-bond acceptors (Lipinski definition) is 3. The number of hydrogen-bond donors (Lipinski definition) is 0. The summed E-state index contributed by atoms with van der Waals surface area (Å²) in [5, 5.41) is 0. The molecule has 2 aliphatic heterocycles. The Morgan fingerprint density at radius 1 is 1.47 bits per heavy atom. The molecule has 2 nitrogen and oxygen atoms in total. The summed E-state index contributed by atoms with van der Waals surface area (Å²) in [6.07, 6.45) is 2.17. The van der Waals surface area contributed by atoms with E-state index in [2.05, 4.69) is 6.07 Å². The van der Waals surface area contributed by atoms with Crippen LogP contribution in [0.1, 0.15) is 22.3 Å². The van der Waals surface area contributed by atoms with Gasteiger partial charge >= 0.3 is 0 Å². The van der Waals surface area contributed by atoms with E-state index in [9.17, 15) is 4.79 Å². The topological polar surface area (TPSA) is 29.6 Å². The molecule has 1 aromatic rings. The van der Waals surface area contributed by atoms with Crippen LogP contribution in [0.25, 0.3) is 0 Å². The summed E-state index contributed by atoms with van der Waals surface area (Å²) in [5.74, 6) is 1.35. The molecule has 0 N–H and O–H groups in total. The predicted molar refractivity (Wildman–Crippen MR) is 59.6 cm³/mol. The van der Waals surface area contributed by atoms with E-state index >= 15 is 0 Å². The van der Waals surface area contributed by atoms with Gasteiger partial charge in [0.1, 0.15) is 6.10 Å². The quantitative estimate of drug-likeness (QED) is 0.566. The van der Waals surface area contributed by atoms with Crippen LogP contribution in [0.15, 0.2) is 23.1 Å². The molecule has 0 radical (unpaired) electrons. The van der Waals surface area contributed by atoms with E-state index in [-0.39, 0.29) is 11.9 Å². The normalized spacial score (nSPS) is 23.3. The lowest BCUT2D eigenvalue weighted by atomic mass is 10.0. The number of ketones is 1. The second-order valence-corrected chi connectivity index (χ2v) is 5.10. The molecule has 2 heterocycles. The first-order valence-corrected chi connectivity index (χ1v) is 6.25. The van der Waals surface area contributed by atoms with E-state index in [0.29, 0.717) is 6.61 Å². The molecule has 0 saturated carbocycles. The molecular weight excluding hydrogens is 208 g/mol. The van der Waals surface area contributed by atoms with Gasteiger partial charge in [-0.25, -0.2) is 0 Å². The molecule has 1 saturated heterocycles. The van der Waals surface area contributed by atoms with Crippen LogP contribution >= 0.6 is 11.8 Å². The predicted octanol–water partition coefficient (Wildman–Crippen LogP) is 2.31. The van der Waals surface area contributed by atoms with Crippen LogP contribution in [0.3, 0.4) is 0 Å². The van der Waals surface area contributed by atoms with Crippen LogP contribution in [0.2, 0.25) is 0 Å². The number of rotatable bonds is 2. The Morgan fingerprint density at radius 3 is 3.13 bits per heavy atom. The van der Waals surface area contributed by atoms with E-state index in [1.54, 1.807) is 0 Å². The Morgan fingerprint density at radius 2 is 2.33 bits per heavy atom. The average Bonchev–Trinajstić information content (AvgIpc) is 3.11. The van der Waals surface area contributed by atoms with Crippen LogP contribution < -0.4 is 0 Å². The van der Waals surface area contributed by atoms with Crippen molar-refractivity contribution in [2.75, 3.05) is 12.4 Å². The minimum Gasteiger partial charge on any atom is -0.364 e. The van der Waals surface area contributed by atoms with Gasteiger partial charge in [0, 0.05) is 10.5 Å². The molecule has 1 unspecified atom stereocenters. The van der Waals surface area contributed by atoms with Crippen molar-refractivity contribution >= 4 is 17.5 Å². The maximum Gasteiger partial charge on any atom is 0.193 e. The molecule has 15 heavy (non-hydrogen) atoms. The van der Waals surface area contributed by atoms with E-state index in [1.165, 1.54) is 22.6 Å². The van der Waals surface area contributed by atoms with Gasteiger partial charge in [-0.2, -0.15) is 0 Å². The highest BCUT2D eigenvalue weighted by Gasteiger charge is 2.32. The fraction of sp³-hybridized carbons (Fsp3) is 0.417. The third kappa shape index (κ3) is 1.82. The Balaban J connectivity index is 1.92. The van der Waals surface area contributed by atoms with Gasteiger partial charge in [0.05, 0.1) is 6.61 Å². The molecule has 1 atom stereocenters. The van der Waals surface area contributed by atoms with Gasteiger partial charge in [0.25, 0.3) is 0 Å². The second kappa shape index (κ2) is 3.65. The summed E-state index contributed by atoms with van der Waals surface area (Å²) >= 11 is 1.89. The minimum atomic E-state index is -0.153. The molecule has 1 aromatic carbocycles. The van der Waals surface area contributed by atoms with Gasteiger partial charge in [-0.05, 0) is 36.3 Å². The molecule has 2 aliphatic rings. The van der Waals surface area contributed by atoms with Crippen LogP contribution in [-0.4, -0.2) is 24.2 Å². The van der Waals surface area contributed by atoms with Crippen LogP contribution in [-0.2, 0) is 11.2 Å². The molecule has 3 rings (SSSR count). The zero-order valence-electron chi connectivity index (χ0n) is 8.36. The highest BCUT2D eigenvalue weighted by Crippen LogP contribution is 2.31. The van der Waals surface area contributed by atoms with Crippen molar-refractivity contribution < 1.29 is 9.53 Å². The number of thioether (sulfide) groups is 1. The molecule has 0 spiro atoms. The van der Waals surface area contributed by atoms with Crippen molar-refractivity contribution in [2.24, 2.45) is 0 Å². The van der Waals surface area contributed by atoms with E-state index < -0.39 is 0 Å². The van der Waals surface area contributed by atoms with Crippen LogP contribution in [0, 0.1) is 0 Å². The van der Waals surface area contributed by atoms with Crippen LogP contribution in [0.5, 0.6) is 0 Å². The lowest BCUT2D eigenvalue weighted by molar-refractivity contribution is 0.0953. The zero-order valence-corrected chi connectivity index (χ0v) is 9.18. The Labute approximate surface area is 93.0 Å². The van der Waals surface area contributed by atoms with Gasteiger partial charge in [0.15, 0.2) is 5.78 Å². The highest BCUT2D eigenvalue weighted by atomic mass is 32.2. The first-order valence-electron chi connectivity index (χ1n) is 5.26. The second-order valence-electron chi connectivity index (χ2n) is 3.96. The van der Waals surface area contributed by atoms with Gasteiger partial charge in [-0.15, -0.1) is 11.8 Å². The van der Waals surface area contributed by atoms with Gasteiger partial charge in [-0.1, -0.05) is 6.07 Å². The van der Waals surface area contributed by atoms with E-state index in [0.717, 1.165) is 12.0 Å². The molecular formula is C12H12O2S. The molecule has 0 bridgehead atoms. The van der Waals surface area contributed by atoms with Crippen molar-refractivity contribution in [2.45, 2.75) is 23.8 Å². The average molecular weight is 220 g/mol. The van der Waals surface area contributed by atoms with Crippen molar-refractivity contribution in [1.82, 2.24) is 0 Å². The number of ether oxygens (including phenoxy) is 1. The summed E-state index contributed by atoms with van der Waals surface area (Å²) in [7, 11) is 0. The lowest BCUT2D eigenvalue weighted by Gasteiger charge is -2.15. The minimum absolute atomic E-state index is 0.147. The van der Waals surface area contributed by atoms with Crippen molar-refractivity contribution in [3.8, 4) is 0 Å². The summed E-state index contributed by atoms with van der Waals surface area (Å²) in [4.78, 5) is 13.1. The molecule has 0 aromatic heterocycles. The molecule has 78 valence electrons. The standard InChI is InChI=1S/C12H12O2S/c13-12(10-7-14-10)9-3-4-11-8(6-9)2-1-5-15-11/h3-4,6,10H,1-2,5,7H2. The number of carbonyl (C=O) groups is 1. The fourth-order valence-corrected chi connectivity index (χ4v) is 2.92. The number of epoxide rings is 1. The summed E-state index contributed by atoms with van der Waals surface area (Å²) in [5.41, 5.74) is 2.15. The summed E-state index contributed by atoms with van der Waals surface area (Å²) < 4.78 is 5.01. The Hall–Kier alpha value is -0.800. The number of Topliss-reactive ketones (excluding diaryl/α,β-unsaturated/α-hetero) is 1. The largest absolute Gasteiger partial charge is 0.364 e. The third-order valence-electron chi connectivity index (χ3n) is 2.82. The zero-order chi connectivity index (χ0) is 10.3. The Kier molecular flexibility index (Phi) is 2.29. The van der Waals surface area contributed by atoms with Gasteiger partial charge < -0.3 is 4.74 Å². The number of aryl methyl sites for hydroxylation is 1. The summed E-state index contributed by atoms with van der Waals surface area (Å²) in [6.45, 7) is 0.602. The van der Waals surface area contributed by atoms with Gasteiger partial charge in [0.2, 0.25) is 0 Å². The fourth-order valence-electron chi connectivity index (χ4n) is 1.90. The molecule has 0 amide bonds. The SMILES string of the molecule is O=C(c1ccc2c(c1)CCCS2)C1CO1. The number of fused-ring (bicyclic) bond motifs is 1. The monoisotopic (exact) mass is 220 g/mol. The molecule has 1 fully saturated rings. The van der Waals surface area contributed by atoms with Crippen molar-refractivity contribution in [3.05, 3.63) is 29.3 Å². The smallest absolute Gasteiger partial charge is 0.193 e. The number of carbonyl (C=O) groups excluding carboxylic acids is 1. The maximum absolute atomic E-state index is 11.8. The first-order chi connectivity index (χ1) is 7.34. The number of benzene rings is 1. The van der Waals surface area contributed by atoms with E-state index in [1.807, 2.05) is 23.9 Å². The first kappa shape index (κ1) is 9.43. The Bertz CT molecular complexity index is 410.